The van der Waals surface area contributed by atoms with Gasteiger partial charge in [-0.15, -0.1) is 0 Å². The Labute approximate surface area is 164 Å². The fourth-order valence-corrected chi connectivity index (χ4v) is 3.02. The largest absolute Gasteiger partial charge is 0.381 e. The van der Waals surface area contributed by atoms with Crippen LogP contribution in [0.25, 0.3) is 0 Å². The van der Waals surface area contributed by atoms with Crippen molar-refractivity contribution in [3.8, 4) is 0 Å². The van der Waals surface area contributed by atoms with E-state index in [2.05, 4.69) is 34.2 Å². The van der Waals surface area contributed by atoms with E-state index >= 15 is 0 Å². The highest BCUT2D eigenvalue weighted by Crippen LogP contribution is 2.08. The van der Waals surface area contributed by atoms with Crippen LogP contribution in [0.15, 0.2) is 29.3 Å². The number of hydrogen-bond acceptors (Lipinski definition) is 4. The van der Waals surface area contributed by atoms with Crippen LogP contribution in [0.3, 0.4) is 0 Å². The molecule has 0 aliphatic rings. The number of nitrogens with zero attached hydrogens (tertiary/aromatic N) is 1. The Morgan fingerprint density at radius 2 is 1.81 bits per heavy atom. The maximum atomic E-state index is 11.6. The fourth-order valence-electron chi connectivity index (χ4n) is 2.24. The van der Waals surface area contributed by atoms with Gasteiger partial charge in [0.25, 0.3) is 0 Å². The Bertz CT molecular complexity index is 658. The van der Waals surface area contributed by atoms with E-state index in [9.17, 15) is 8.42 Å². The van der Waals surface area contributed by atoms with E-state index in [-0.39, 0.29) is 5.75 Å². The van der Waals surface area contributed by atoms with Crippen molar-refractivity contribution < 1.29 is 13.2 Å². The molecule has 27 heavy (non-hydrogen) atoms. The van der Waals surface area contributed by atoms with Gasteiger partial charge in [-0.2, -0.15) is 0 Å². The van der Waals surface area contributed by atoms with Gasteiger partial charge < -0.3 is 15.4 Å². The molecule has 0 spiro atoms. The summed E-state index contributed by atoms with van der Waals surface area (Å²) >= 11 is 0. The second-order valence-corrected chi connectivity index (χ2v) is 8.65. The van der Waals surface area contributed by atoms with Gasteiger partial charge in [0.05, 0.1) is 12.3 Å². The molecule has 0 atom stereocenters. The van der Waals surface area contributed by atoms with Crippen LogP contribution in [0.1, 0.15) is 38.3 Å². The third-order valence-corrected chi connectivity index (χ3v) is 5.00. The molecule has 1 aromatic rings. The Morgan fingerprint density at radius 1 is 1.15 bits per heavy atom. The highest BCUT2D eigenvalue weighted by molar-refractivity contribution is 7.88. The molecule has 0 bridgehead atoms. The number of ether oxygens (including phenoxy) is 1. The van der Waals surface area contributed by atoms with E-state index in [0.717, 1.165) is 49.8 Å². The van der Waals surface area contributed by atoms with Crippen molar-refractivity contribution in [2.24, 2.45) is 10.9 Å². The minimum atomic E-state index is -3.25. The quantitative estimate of drug-likeness (QED) is 0.284. The molecule has 1 rings (SSSR count). The summed E-state index contributed by atoms with van der Waals surface area (Å²) in [5.41, 5.74) is 1.78. The molecule has 0 saturated heterocycles. The van der Waals surface area contributed by atoms with Crippen LogP contribution >= 0.6 is 0 Å². The van der Waals surface area contributed by atoms with Gasteiger partial charge in [-0.3, -0.25) is 0 Å². The molecule has 1 aromatic carbocycles. The zero-order valence-corrected chi connectivity index (χ0v) is 17.7. The summed E-state index contributed by atoms with van der Waals surface area (Å²) in [6, 6.07) is 7.47. The summed E-state index contributed by atoms with van der Waals surface area (Å²) in [5, 5.41) is 6.52. The lowest BCUT2D eigenvalue weighted by atomic mass is 10.1. The van der Waals surface area contributed by atoms with Gasteiger partial charge in [0.1, 0.15) is 0 Å². The van der Waals surface area contributed by atoms with Gasteiger partial charge in [0.2, 0.25) is 10.0 Å². The van der Waals surface area contributed by atoms with Crippen molar-refractivity contribution in [2.45, 2.75) is 39.5 Å². The Hall–Kier alpha value is -1.64. The predicted octanol–water partition coefficient (Wildman–Crippen LogP) is 1.85. The number of guanidine groups is 1. The highest BCUT2D eigenvalue weighted by atomic mass is 32.2. The van der Waals surface area contributed by atoms with Gasteiger partial charge in [0.15, 0.2) is 5.96 Å². The fraction of sp³-hybridized carbons (Fsp3) is 0.632. The van der Waals surface area contributed by atoms with E-state index < -0.39 is 10.0 Å². The minimum absolute atomic E-state index is 0.0177. The van der Waals surface area contributed by atoms with Crippen molar-refractivity contribution in [3.63, 3.8) is 0 Å². The first-order valence-corrected chi connectivity index (χ1v) is 11.1. The molecular formula is C19H34N4O3S. The zero-order chi connectivity index (χ0) is 20.1. The average Bonchev–Trinajstić information content (AvgIpc) is 2.63. The maximum absolute atomic E-state index is 11.6. The predicted molar refractivity (Wildman–Crippen MR) is 111 cm³/mol. The first kappa shape index (κ1) is 23.4. The Balaban J connectivity index is 2.47. The normalized spacial score (nSPS) is 12.4. The lowest BCUT2D eigenvalue weighted by Gasteiger charge is -2.12. The molecule has 0 amide bonds. The van der Waals surface area contributed by atoms with Crippen LogP contribution in [-0.2, 0) is 27.1 Å². The van der Waals surface area contributed by atoms with Crippen LogP contribution in [0.5, 0.6) is 0 Å². The van der Waals surface area contributed by atoms with Crippen molar-refractivity contribution in [2.75, 3.05) is 33.4 Å². The molecule has 3 N–H and O–H groups in total. The van der Waals surface area contributed by atoms with Gasteiger partial charge in [-0.25, -0.2) is 18.1 Å². The molecule has 8 heteroatoms. The molecular weight excluding hydrogens is 364 g/mol. The number of rotatable bonds is 12. The standard InChI is InChI=1S/C19H34N4O3S/c1-5-21-19(22-11-6-12-26-14-16(2)3)23-13-17-7-9-18(10-8-17)15-27(24,25)20-4/h7-10,16,20H,5-6,11-15H2,1-4H3,(H2,21,22,23). The molecule has 154 valence electrons. The monoisotopic (exact) mass is 398 g/mol. The second-order valence-electron chi connectivity index (χ2n) is 6.72. The first-order chi connectivity index (χ1) is 12.9. The SMILES string of the molecule is CCNC(=NCc1ccc(CS(=O)(=O)NC)cc1)NCCCOCC(C)C. The van der Waals surface area contributed by atoms with Crippen molar-refractivity contribution in [3.05, 3.63) is 35.4 Å². The smallest absolute Gasteiger partial charge is 0.215 e. The van der Waals surface area contributed by atoms with Crippen LogP contribution in [0.2, 0.25) is 0 Å². The molecule has 0 radical (unpaired) electrons. The molecule has 0 fully saturated rings. The number of nitrogens with one attached hydrogen (secondary N) is 3. The van der Waals surface area contributed by atoms with E-state index in [0.29, 0.717) is 12.5 Å². The summed E-state index contributed by atoms with van der Waals surface area (Å²) in [6.07, 6.45) is 0.922. The molecule has 0 unspecified atom stereocenters. The summed E-state index contributed by atoms with van der Waals surface area (Å²) in [4.78, 5) is 4.57. The molecule has 0 saturated carbocycles. The van der Waals surface area contributed by atoms with E-state index in [4.69, 9.17) is 4.74 Å². The molecule has 0 aromatic heterocycles. The van der Waals surface area contributed by atoms with E-state index in [1.165, 1.54) is 7.05 Å². The molecule has 0 heterocycles. The second kappa shape index (κ2) is 12.7. The molecule has 7 nitrogen and oxygen atoms in total. The van der Waals surface area contributed by atoms with Crippen LogP contribution in [-0.4, -0.2) is 47.7 Å². The average molecular weight is 399 g/mol. The third kappa shape index (κ3) is 10.9. The molecule has 0 aliphatic heterocycles. The highest BCUT2D eigenvalue weighted by Gasteiger charge is 2.08. The van der Waals surface area contributed by atoms with Crippen LogP contribution in [0, 0.1) is 5.92 Å². The zero-order valence-electron chi connectivity index (χ0n) is 16.9. The Kier molecular flexibility index (Phi) is 11.0. The van der Waals surface area contributed by atoms with Crippen molar-refractivity contribution in [1.29, 1.82) is 0 Å². The lowest BCUT2D eigenvalue weighted by molar-refractivity contribution is 0.108. The van der Waals surface area contributed by atoms with Crippen LogP contribution in [0.4, 0.5) is 0 Å². The van der Waals surface area contributed by atoms with E-state index in [1.54, 1.807) is 0 Å². The summed E-state index contributed by atoms with van der Waals surface area (Å²) in [6.45, 7) is 9.95. The number of benzene rings is 1. The van der Waals surface area contributed by atoms with E-state index in [1.807, 2.05) is 31.2 Å². The molecule has 0 aliphatic carbocycles. The van der Waals surface area contributed by atoms with Crippen molar-refractivity contribution in [1.82, 2.24) is 15.4 Å². The summed E-state index contributed by atoms with van der Waals surface area (Å²) in [7, 11) is -1.83. The number of sulfonamides is 1. The van der Waals surface area contributed by atoms with Gasteiger partial charge in [-0.1, -0.05) is 38.1 Å². The summed E-state index contributed by atoms with van der Waals surface area (Å²) < 4.78 is 31.1. The minimum Gasteiger partial charge on any atom is -0.381 e. The van der Waals surface area contributed by atoms with Crippen molar-refractivity contribution >= 4 is 16.0 Å². The third-order valence-electron chi connectivity index (χ3n) is 3.66. The number of aliphatic imine (C=N–C) groups is 1. The maximum Gasteiger partial charge on any atom is 0.215 e. The van der Waals surface area contributed by atoms with Gasteiger partial charge >= 0.3 is 0 Å². The topological polar surface area (TPSA) is 91.8 Å². The van der Waals surface area contributed by atoms with Gasteiger partial charge in [-0.05, 0) is 37.4 Å². The first-order valence-electron chi connectivity index (χ1n) is 9.45. The van der Waals surface area contributed by atoms with Crippen LogP contribution < -0.4 is 15.4 Å². The lowest BCUT2D eigenvalue weighted by Crippen LogP contribution is -2.38. The Morgan fingerprint density at radius 3 is 2.41 bits per heavy atom. The van der Waals surface area contributed by atoms with Gasteiger partial charge in [0, 0.05) is 26.3 Å². The number of hydrogen-bond donors (Lipinski definition) is 3. The summed E-state index contributed by atoms with van der Waals surface area (Å²) in [5.74, 6) is 1.31.